The zero-order valence-corrected chi connectivity index (χ0v) is 12.2. The highest BCUT2D eigenvalue weighted by Gasteiger charge is 2.13. The minimum absolute atomic E-state index is 0.109. The molecule has 2 N–H and O–H groups in total. The first kappa shape index (κ1) is 13.5. The molecular formula is C15H19N3OS. The van der Waals surface area contributed by atoms with Crippen molar-refractivity contribution in [2.24, 2.45) is 0 Å². The molecule has 1 saturated heterocycles. The fourth-order valence-corrected chi connectivity index (χ4v) is 3.23. The zero-order chi connectivity index (χ0) is 13.8. The molecular weight excluding hydrogens is 270 g/mol. The van der Waals surface area contributed by atoms with Gasteiger partial charge in [-0.3, -0.25) is 9.69 Å². The molecule has 1 aromatic heterocycles. The molecule has 0 radical (unpaired) electrons. The lowest BCUT2D eigenvalue weighted by Crippen LogP contribution is -2.47. The molecule has 1 fully saturated rings. The maximum Gasteiger partial charge on any atom is 0.234 e. The van der Waals surface area contributed by atoms with E-state index in [0.717, 1.165) is 31.7 Å². The van der Waals surface area contributed by atoms with Gasteiger partial charge in [-0.2, -0.15) is 0 Å². The third-order valence-corrected chi connectivity index (χ3v) is 4.48. The Morgan fingerprint density at radius 1 is 1.30 bits per heavy atom. The molecule has 0 unspecified atom stereocenters. The van der Waals surface area contributed by atoms with Gasteiger partial charge in [-0.25, -0.2) is 0 Å². The third kappa shape index (κ3) is 3.36. The van der Waals surface area contributed by atoms with Crippen LogP contribution in [0.5, 0.6) is 0 Å². The number of carbonyl (C=O) groups excluding carboxylic acids is 1. The molecule has 1 aliphatic heterocycles. The Morgan fingerprint density at radius 3 is 3.00 bits per heavy atom. The Hall–Kier alpha value is -1.43. The highest BCUT2D eigenvalue weighted by Crippen LogP contribution is 2.21. The molecule has 5 heteroatoms. The van der Waals surface area contributed by atoms with Crippen LogP contribution in [0.1, 0.15) is 5.56 Å². The Bertz CT molecular complexity index is 590. The summed E-state index contributed by atoms with van der Waals surface area (Å²) in [5.41, 5.74) is 1.16. The summed E-state index contributed by atoms with van der Waals surface area (Å²) in [4.78, 5) is 14.1. The normalized spacial score (nSPS) is 16.4. The average molecular weight is 289 g/mol. The van der Waals surface area contributed by atoms with Gasteiger partial charge < -0.3 is 10.6 Å². The van der Waals surface area contributed by atoms with Gasteiger partial charge in [-0.05, 0) is 34.5 Å². The molecule has 2 aromatic rings. The second-order valence-corrected chi connectivity index (χ2v) is 6.04. The van der Waals surface area contributed by atoms with Gasteiger partial charge in [0.2, 0.25) is 5.91 Å². The van der Waals surface area contributed by atoms with Crippen LogP contribution in [-0.2, 0) is 11.3 Å². The van der Waals surface area contributed by atoms with Crippen molar-refractivity contribution in [3.8, 4) is 0 Å². The Labute approximate surface area is 122 Å². The van der Waals surface area contributed by atoms with Gasteiger partial charge in [0.15, 0.2) is 0 Å². The number of nitrogens with one attached hydrogen (secondary N) is 2. The van der Waals surface area contributed by atoms with E-state index in [2.05, 4.69) is 45.2 Å². The molecule has 2 heterocycles. The standard InChI is InChI=1S/C15H19N3OS/c19-15(11-18-6-4-16-5-7-18)17-10-12-1-2-14-13(9-12)3-8-20-14/h1-3,8-9,16H,4-7,10-11H2,(H,17,19). The van der Waals surface area contributed by atoms with E-state index in [1.54, 1.807) is 11.3 Å². The van der Waals surface area contributed by atoms with Crippen molar-refractivity contribution < 1.29 is 4.79 Å². The van der Waals surface area contributed by atoms with Crippen LogP contribution in [0.2, 0.25) is 0 Å². The monoisotopic (exact) mass is 289 g/mol. The van der Waals surface area contributed by atoms with Gasteiger partial charge >= 0.3 is 0 Å². The molecule has 1 aliphatic rings. The Kier molecular flexibility index (Phi) is 4.30. The van der Waals surface area contributed by atoms with Crippen molar-refractivity contribution in [1.29, 1.82) is 0 Å². The summed E-state index contributed by atoms with van der Waals surface area (Å²) in [7, 11) is 0. The van der Waals surface area contributed by atoms with Crippen LogP contribution in [0.25, 0.3) is 10.1 Å². The maximum atomic E-state index is 11.9. The summed E-state index contributed by atoms with van der Waals surface area (Å²) < 4.78 is 1.29. The molecule has 3 rings (SSSR count). The maximum absolute atomic E-state index is 11.9. The summed E-state index contributed by atoms with van der Waals surface area (Å²) in [6.07, 6.45) is 0. The number of fused-ring (bicyclic) bond motifs is 1. The van der Waals surface area contributed by atoms with Crippen molar-refractivity contribution in [2.45, 2.75) is 6.54 Å². The lowest BCUT2D eigenvalue weighted by molar-refractivity contribution is -0.122. The number of nitrogens with zero attached hydrogens (tertiary/aromatic N) is 1. The summed E-state index contributed by atoms with van der Waals surface area (Å²) in [6.45, 7) is 4.96. The summed E-state index contributed by atoms with van der Waals surface area (Å²) >= 11 is 1.74. The SMILES string of the molecule is O=C(CN1CCNCC1)NCc1ccc2sccc2c1. The van der Waals surface area contributed by atoms with Crippen LogP contribution >= 0.6 is 11.3 Å². The Morgan fingerprint density at radius 2 is 2.15 bits per heavy atom. The molecule has 4 nitrogen and oxygen atoms in total. The van der Waals surface area contributed by atoms with Crippen molar-refractivity contribution in [3.05, 3.63) is 35.2 Å². The highest BCUT2D eigenvalue weighted by molar-refractivity contribution is 7.17. The van der Waals surface area contributed by atoms with Crippen LogP contribution in [0.4, 0.5) is 0 Å². The van der Waals surface area contributed by atoms with Gasteiger partial charge in [-0.15, -0.1) is 11.3 Å². The third-order valence-electron chi connectivity index (χ3n) is 3.58. The first-order valence-electron chi connectivity index (χ1n) is 6.97. The lowest BCUT2D eigenvalue weighted by Gasteiger charge is -2.26. The number of thiophene rings is 1. The highest BCUT2D eigenvalue weighted by atomic mass is 32.1. The van der Waals surface area contributed by atoms with Crippen LogP contribution in [0.3, 0.4) is 0 Å². The number of rotatable bonds is 4. The van der Waals surface area contributed by atoms with Crippen molar-refractivity contribution in [3.63, 3.8) is 0 Å². The number of benzene rings is 1. The molecule has 0 atom stereocenters. The van der Waals surface area contributed by atoms with E-state index in [-0.39, 0.29) is 5.91 Å². The summed E-state index contributed by atoms with van der Waals surface area (Å²) in [5, 5.41) is 9.64. The minimum Gasteiger partial charge on any atom is -0.351 e. The van der Waals surface area contributed by atoms with Gasteiger partial charge in [0, 0.05) is 37.4 Å². The first-order valence-corrected chi connectivity index (χ1v) is 7.85. The lowest BCUT2D eigenvalue weighted by atomic mass is 10.1. The number of hydrogen-bond donors (Lipinski definition) is 2. The van der Waals surface area contributed by atoms with Crippen LogP contribution in [0.15, 0.2) is 29.6 Å². The van der Waals surface area contributed by atoms with E-state index in [1.165, 1.54) is 10.1 Å². The van der Waals surface area contributed by atoms with Gasteiger partial charge in [-0.1, -0.05) is 6.07 Å². The van der Waals surface area contributed by atoms with Gasteiger partial charge in [0.25, 0.3) is 0 Å². The minimum atomic E-state index is 0.109. The van der Waals surface area contributed by atoms with Crippen LogP contribution < -0.4 is 10.6 Å². The van der Waals surface area contributed by atoms with Crippen LogP contribution in [0, 0.1) is 0 Å². The van der Waals surface area contributed by atoms with E-state index in [9.17, 15) is 4.79 Å². The van der Waals surface area contributed by atoms with Gasteiger partial charge in [0.05, 0.1) is 6.54 Å². The van der Waals surface area contributed by atoms with Crippen LogP contribution in [-0.4, -0.2) is 43.5 Å². The Balaban J connectivity index is 1.51. The fraction of sp³-hybridized carbons (Fsp3) is 0.400. The first-order chi connectivity index (χ1) is 9.81. The number of piperazine rings is 1. The van der Waals surface area contributed by atoms with Crippen molar-refractivity contribution in [1.82, 2.24) is 15.5 Å². The van der Waals surface area contributed by atoms with Crippen molar-refractivity contribution >= 4 is 27.3 Å². The molecule has 1 aromatic carbocycles. The van der Waals surface area contributed by atoms with E-state index in [4.69, 9.17) is 0 Å². The molecule has 1 amide bonds. The fourth-order valence-electron chi connectivity index (χ4n) is 2.45. The second-order valence-electron chi connectivity index (χ2n) is 5.10. The smallest absolute Gasteiger partial charge is 0.234 e. The number of amides is 1. The molecule has 0 aliphatic carbocycles. The second kappa shape index (κ2) is 6.35. The predicted molar refractivity (Wildman–Crippen MR) is 83.0 cm³/mol. The quantitative estimate of drug-likeness (QED) is 0.895. The van der Waals surface area contributed by atoms with E-state index >= 15 is 0 Å². The molecule has 106 valence electrons. The van der Waals surface area contributed by atoms with E-state index in [1.807, 2.05) is 0 Å². The number of hydrogen-bond acceptors (Lipinski definition) is 4. The topological polar surface area (TPSA) is 44.4 Å². The summed E-state index contributed by atoms with van der Waals surface area (Å²) in [5.74, 6) is 0.109. The molecule has 0 saturated carbocycles. The largest absolute Gasteiger partial charge is 0.351 e. The van der Waals surface area contributed by atoms with Crippen molar-refractivity contribution in [2.75, 3.05) is 32.7 Å². The molecule has 0 bridgehead atoms. The molecule has 20 heavy (non-hydrogen) atoms. The number of carbonyl (C=O) groups is 1. The summed E-state index contributed by atoms with van der Waals surface area (Å²) in [6, 6.07) is 8.48. The zero-order valence-electron chi connectivity index (χ0n) is 11.4. The van der Waals surface area contributed by atoms with E-state index in [0.29, 0.717) is 13.1 Å². The van der Waals surface area contributed by atoms with E-state index < -0.39 is 0 Å². The predicted octanol–water partition coefficient (Wildman–Crippen LogP) is 1.42. The average Bonchev–Trinajstić information content (AvgIpc) is 2.93. The van der Waals surface area contributed by atoms with Gasteiger partial charge in [0.1, 0.15) is 0 Å². The molecule has 0 spiro atoms.